The molecule has 0 fully saturated rings. The molecule has 1 rings (SSSR count). The third kappa shape index (κ3) is 3.71. The Balaban J connectivity index is 2.40. The molecule has 0 radical (unpaired) electrons. The van der Waals surface area contributed by atoms with Gasteiger partial charge in [-0.05, 0) is 13.8 Å². The van der Waals surface area contributed by atoms with Crippen molar-refractivity contribution in [2.75, 3.05) is 0 Å². The smallest absolute Gasteiger partial charge is 0.221 e. The van der Waals surface area contributed by atoms with E-state index in [0.717, 1.165) is 0 Å². The molecule has 15 heavy (non-hydrogen) atoms. The molecule has 1 amide bonds. The normalized spacial score (nSPS) is 10.7. The fourth-order valence-electron chi connectivity index (χ4n) is 1.31. The molecular weight excluding hydrogens is 194 g/mol. The lowest BCUT2D eigenvalue weighted by atomic mass is 10.3. The molecule has 0 bridgehead atoms. The van der Waals surface area contributed by atoms with Crippen molar-refractivity contribution in [3.8, 4) is 0 Å². The molecule has 5 nitrogen and oxygen atoms in total. The molecule has 0 atom stereocenters. The van der Waals surface area contributed by atoms with E-state index in [0.29, 0.717) is 18.8 Å². The number of nitrogens with zero attached hydrogens (tertiary/aromatic N) is 2. The third-order valence-electron chi connectivity index (χ3n) is 1.97. The van der Waals surface area contributed by atoms with Gasteiger partial charge in [-0.15, -0.1) is 0 Å². The lowest BCUT2D eigenvalue weighted by Gasteiger charge is -2.09. The van der Waals surface area contributed by atoms with E-state index < -0.39 is 0 Å². The summed E-state index contributed by atoms with van der Waals surface area (Å²) in [7, 11) is 0. The van der Waals surface area contributed by atoms with Gasteiger partial charge >= 0.3 is 0 Å². The first-order valence-electron chi connectivity index (χ1n) is 5.03. The topological polar surface area (TPSA) is 67.2 Å². The van der Waals surface area contributed by atoms with Gasteiger partial charge in [-0.3, -0.25) is 4.79 Å². The van der Waals surface area contributed by atoms with Gasteiger partial charge in [0.05, 0.1) is 0 Å². The van der Waals surface area contributed by atoms with Crippen LogP contribution in [0.5, 0.6) is 0 Å². The molecule has 84 valence electrons. The maximum Gasteiger partial charge on any atom is 0.221 e. The zero-order valence-corrected chi connectivity index (χ0v) is 9.10. The molecule has 0 saturated heterocycles. The van der Waals surface area contributed by atoms with Crippen LogP contribution >= 0.6 is 0 Å². The molecule has 0 aliphatic heterocycles. The summed E-state index contributed by atoms with van der Waals surface area (Å²) in [5.41, 5.74) is 0. The Hall–Kier alpha value is -1.36. The summed E-state index contributed by atoms with van der Waals surface area (Å²) in [6.07, 6.45) is 3.78. The van der Waals surface area contributed by atoms with Crippen LogP contribution in [0.15, 0.2) is 12.4 Å². The van der Waals surface area contributed by atoms with Gasteiger partial charge in [0.2, 0.25) is 5.91 Å². The Morgan fingerprint density at radius 1 is 1.67 bits per heavy atom. The van der Waals surface area contributed by atoms with Crippen molar-refractivity contribution < 1.29 is 9.90 Å². The van der Waals surface area contributed by atoms with Crippen molar-refractivity contribution in [1.29, 1.82) is 0 Å². The van der Waals surface area contributed by atoms with Crippen molar-refractivity contribution in [3.63, 3.8) is 0 Å². The summed E-state index contributed by atoms with van der Waals surface area (Å²) in [5, 5.41) is 11.7. The minimum atomic E-state index is -0.0984. The highest BCUT2D eigenvalue weighted by molar-refractivity contribution is 5.76. The second kappa shape index (κ2) is 5.50. The lowest BCUT2D eigenvalue weighted by molar-refractivity contribution is -0.121. The zero-order chi connectivity index (χ0) is 11.3. The summed E-state index contributed by atoms with van der Waals surface area (Å²) in [6.45, 7) is 4.30. The number of aliphatic hydroxyl groups is 1. The number of amides is 1. The van der Waals surface area contributed by atoms with Crippen molar-refractivity contribution in [1.82, 2.24) is 14.9 Å². The number of aryl methyl sites for hydroxylation is 1. The van der Waals surface area contributed by atoms with Crippen LogP contribution in [0.2, 0.25) is 0 Å². The van der Waals surface area contributed by atoms with Crippen LogP contribution in [0.1, 0.15) is 26.1 Å². The third-order valence-corrected chi connectivity index (χ3v) is 1.97. The van der Waals surface area contributed by atoms with Gasteiger partial charge in [0.25, 0.3) is 0 Å². The summed E-state index contributed by atoms with van der Waals surface area (Å²) < 4.78 is 1.78. The number of imidazole rings is 1. The SMILES string of the molecule is CC(C)NC(=O)CCn1ccnc1CO. The van der Waals surface area contributed by atoms with Crippen molar-refractivity contribution >= 4 is 5.91 Å². The second-order valence-electron chi connectivity index (χ2n) is 3.67. The molecule has 0 aliphatic carbocycles. The molecule has 0 saturated carbocycles. The standard InChI is InChI=1S/C10H17N3O2/c1-8(2)12-10(15)3-5-13-6-4-11-9(13)7-14/h4,6,8,14H,3,5,7H2,1-2H3,(H,12,15). The number of nitrogens with one attached hydrogen (secondary N) is 1. The summed E-state index contributed by atoms with van der Waals surface area (Å²) in [5.74, 6) is 0.606. The maximum atomic E-state index is 11.3. The first-order valence-corrected chi connectivity index (χ1v) is 5.03. The van der Waals surface area contributed by atoms with E-state index >= 15 is 0 Å². The number of hydrogen-bond acceptors (Lipinski definition) is 3. The Labute approximate surface area is 89.1 Å². The quantitative estimate of drug-likeness (QED) is 0.735. The number of aliphatic hydroxyl groups excluding tert-OH is 1. The fraction of sp³-hybridized carbons (Fsp3) is 0.600. The Kier molecular flexibility index (Phi) is 4.30. The van der Waals surface area contributed by atoms with Gasteiger partial charge in [0.15, 0.2) is 0 Å². The highest BCUT2D eigenvalue weighted by atomic mass is 16.3. The molecule has 0 spiro atoms. The number of rotatable bonds is 5. The Morgan fingerprint density at radius 2 is 2.40 bits per heavy atom. The van der Waals surface area contributed by atoms with E-state index in [1.165, 1.54) is 0 Å². The monoisotopic (exact) mass is 211 g/mol. The van der Waals surface area contributed by atoms with E-state index in [4.69, 9.17) is 5.11 Å². The fourth-order valence-corrected chi connectivity index (χ4v) is 1.31. The molecule has 2 N–H and O–H groups in total. The number of aromatic nitrogens is 2. The molecule has 1 aromatic rings. The molecule has 1 heterocycles. The van der Waals surface area contributed by atoms with Crippen LogP contribution in [0.25, 0.3) is 0 Å². The van der Waals surface area contributed by atoms with Crippen LogP contribution in [-0.4, -0.2) is 26.6 Å². The van der Waals surface area contributed by atoms with E-state index in [9.17, 15) is 4.79 Å². The highest BCUT2D eigenvalue weighted by Gasteiger charge is 2.05. The average molecular weight is 211 g/mol. The van der Waals surface area contributed by atoms with E-state index in [2.05, 4.69) is 10.3 Å². The second-order valence-corrected chi connectivity index (χ2v) is 3.67. The van der Waals surface area contributed by atoms with Gasteiger partial charge in [0.1, 0.15) is 12.4 Å². The first-order chi connectivity index (χ1) is 7.13. The summed E-state index contributed by atoms with van der Waals surface area (Å²) in [4.78, 5) is 15.3. The predicted molar refractivity (Wildman–Crippen MR) is 56.0 cm³/mol. The van der Waals surface area contributed by atoms with Crippen LogP contribution in [-0.2, 0) is 17.9 Å². The largest absolute Gasteiger partial charge is 0.388 e. The van der Waals surface area contributed by atoms with Crippen molar-refractivity contribution in [2.45, 2.75) is 39.5 Å². The number of carbonyl (C=O) groups is 1. The van der Waals surface area contributed by atoms with Gasteiger partial charge in [-0.2, -0.15) is 0 Å². The molecule has 0 aromatic carbocycles. The Bertz CT molecular complexity index is 320. The van der Waals surface area contributed by atoms with Crippen LogP contribution in [0.3, 0.4) is 0 Å². The molecule has 1 aromatic heterocycles. The van der Waals surface area contributed by atoms with E-state index in [-0.39, 0.29) is 18.6 Å². The van der Waals surface area contributed by atoms with Crippen LogP contribution in [0.4, 0.5) is 0 Å². The van der Waals surface area contributed by atoms with Crippen LogP contribution in [0, 0.1) is 0 Å². The van der Waals surface area contributed by atoms with Gasteiger partial charge in [0, 0.05) is 31.4 Å². The molecular formula is C10H17N3O2. The average Bonchev–Trinajstić information content (AvgIpc) is 2.60. The molecule has 0 unspecified atom stereocenters. The molecule has 0 aliphatic rings. The number of hydrogen-bond donors (Lipinski definition) is 2. The van der Waals surface area contributed by atoms with Gasteiger partial charge in [-0.25, -0.2) is 4.98 Å². The first kappa shape index (κ1) is 11.7. The minimum absolute atomic E-state index is 0.0163. The summed E-state index contributed by atoms with van der Waals surface area (Å²) in [6, 6.07) is 0.164. The number of carbonyl (C=O) groups excluding carboxylic acids is 1. The summed E-state index contributed by atoms with van der Waals surface area (Å²) >= 11 is 0. The molecule has 5 heteroatoms. The van der Waals surface area contributed by atoms with Crippen molar-refractivity contribution in [3.05, 3.63) is 18.2 Å². The predicted octanol–water partition coefficient (Wildman–Crippen LogP) is 0.290. The van der Waals surface area contributed by atoms with Gasteiger partial charge in [-0.1, -0.05) is 0 Å². The lowest BCUT2D eigenvalue weighted by Crippen LogP contribution is -2.30. The minimum Gasteiger partial charge on any atom is -0.388 e. The highest BCUT2D eigenvalue weighted by Crippen LogP contribution is 1.99. The van der Waals surface area contributed by atoms with E-state index in [1.54, 1.807) is 17.0 Å². The maximum absolute atomic E-state index is 11.3. The Morgan fingerprint density at radius 3 is 3.00 bits per heavy atom. The van der Waals surface area contributed by atoms with Gasteiger partial charge < -0.3 is 15.0 Å². The van der Waals surface area contributed by atoms with Crippen molar-refractivity contribution in [2.24, 2.45) is 0 Å². The zero-order valence-electron chi connectivity index (χ0n) is 9.10. The van der Waals surface area contributed by atoms with Crippen LogP contribution < -0.4 is 5.32 Å². The van der Waals surface area contributed by atoms with E-state index in [1.807, 2.05) is 13.8 Å².